The fourth-order valence-corrected chi connectivity index (χ4v) is 3.18. The van der Waals surface area contributed by atoms with Gasteiger partial charge in [0.05, 0.1) is 5.69 Å². The molecule has 1 aromatic heterocycles. The Morgan fingerprint density at radius 1 is 1.07 bits per heavy atom. The maximum Gasteiger partial charge on any atom is 0.425 e. The van der Waals surface area contributed by atoms with Gasteiger partial charge in [-0.3, -0.25) is 0 Å². The van der Waals surface area contributed by atoms with E-state index in [0.29, 0.717) is 0 Å². The van der Waals surface area contributed by atoms with E-state index in [-0.39, 0.29) is 11.7 Å². The minimum absolute atomic E-state index is 0.0201. The second kappa shape index (κ2) is 8.39. The number of pyridine rings is 1. The van der Waals surface area contributed by atoms with Crippen LogP contribution in [0.4, 0.5) is 19.0 Å². The summed E-state index contributed by atoms with van der Waals surface area (Å²) in [6.07, 6.45) is -6.25. The van der Waals surface area contributed by atoms with Crippen molar-refractivity contribution in [1.82, 2.24) is 10.3 Å². The summed E-state index contributed by atoms with van der Waals surface area (Å²) in [7, 11) is 0. The molecular formula is C21H26F3N3O. The zero-order valence-electron chi connectivity index (χ0n) is 16.4. The highest BCUT2D eigenvalue weighted by Crippen LogP contribution is 2.34. The van der Waals surface area contributed by atoms with Gasteiger partial charge >= 0.3 is 6.18 Å². The number of hydrogen-bond acceptors (Lipinski definition) is 4. The van der Waals surface area contributed by atoms with E-state index < -0.39 is 12.3 Å². The number of benzene rings is 1. The van der Waals surface area contributed by atoms with Crippen LogP contribution in [0.1, 0.15) is 32.3 Å². The van der Waals surface area contributed by atoms with Crippen LogP contribution >= 0.6 is 0 Å². The van der Waals surface area contributed by atoms with Crippen molar-refractivity contribution in [3.63, 3.8) is 0 Å². The summed E-state index contributed by atoms with van der Waals surface area (Å²) in [4.78, 5) is 7.00. The zero-order chi connectivity index (χ0) is 20.3. The summed E-state index contributed by atoms with van der Waals surface area (Å²) in [5, 5.41) is 3.32. The molecular weight excluding hydrogens is 367 g/mol. The monoisotopic (exact) mass is 393 g/mol. The van der Waals surface area contributed by atoms with Gasteiger partial charge in [-0.2, -0.15) is 13.2 Å². The standard InChI is InChI=1S/C21H26F3N3O/c1-14(2)17-13-16(7-8-19(17)28-15(3)21(22,23)24)18-5-4-6-20(26-18)27-11-9-25-10-12-27/h4-8,13-15,25H,9-12H2,1-3H3. The third kappa shape index (κ3) is 4.76. The highest BCUT2D eigenvalue weighted by molar-refractivity contribution is 5.64. The maximum atomic E-state index is 12.9. The van der Waals surface area contributed by atoms with Crippen LogP contribution in [0.15, 0.2) is 36.4 Å². The van der Waals surface area contributed by atoms with Gasteiger partial charge in [-0.25, -0.2) is 4.98 Å². The largest absolute Gasteiger partial charge is 0.481 e. The molecule has 0 saturated carbocycles. The average molecular weight is 393 g/mol. The van der Waals surface area contributed by atoms with E-state index in [2.05, 4.69) is 10.2 Å². The lowest BCUT2D eigenvalue weighted by Crippen LogP contribution is -2.43. The van der Waals surface area contributed by atoms with Crippen molar-refractivity contribution >= 4 is 5.82 Å². The maximum absolute atomic E-state index is 12.9. The molecule has 1 unspecified atom stereocenters. The Labute approximate surface area is 163 Å². The quantitative estimate of drug-likeness (QED) is 0.805. The molecule has 0 spiro atoms. The molecule has 0 amide bonds. The van der Waals surface area contributed by atoms with Crippen molar-refractivity contribution in [2.75, 3.05) is 31.1 Å². The van der Waals surface area contributed by atoms with Gasteiger partial charge in [0.15, 0.2) is 6.10 Å². The van der Waals surface area contributed by atoms with E-state index in [1.54, 1.807) is 12.1 Å². The third-order valence-corrected chi connectivity index (χ3v) is 4.87. The number of anilines is 1. The molecule has 2 aromatic rings. The van der Waals surface area contributed by atoms with E-state index in [1.807, 2.05) is 38.1 Å². The summed E-state index contributed by atoms with van der Waals surface area (Å²) in [5.74, 6) is 1.20. The minimum atomic E-state index is -4.40. The second-order valence-corrected chi connectivity index (χ2v) is 7.33. The van der Waals surface area contributed by atoms with Crippen molar-refractivity contribution in [3.05, 3.63) is 42.0 Å². The van der Waals surface area contributed by atoms with E-state index in [1.165, 1.54) is 0 Å². The molecule has 0 radical (unpaired) electrons. The molecule has 3 rings (SSSR count). The number of halogens is 3. The number of piperazine rings is 1. The van der Waals surface area contributed by atoms with Crippen LogP contribution in [0, 0.1) is 0 Å². The van der Waals surface area contributed by atoms with Gasteiger partial charge in [0.2, 0.25) is 0 Å². The lowest BCUT2D eigenvalue weighted by molar-refractivity contribution is -0.189. The number of hydrogen-bond donors (Lipinski definition) is 1. The van der Waals surface area contributed by atoms with E-state index in [9.17, 15) is 13.2 Å². The first-order valence-electron chi connectivity index (χ1n) is 9.56. The van der Waals surface area contributed by atoms with Gasteiger partial charge < -0.3 is 15.0 Å². The van der Waals surface area contributed by atoms with Crippen molar-refractivity contribution in [2.24, 2.45) is 0 Å². The number of ether oxygens (including phenoxy) is 1. The van der Waals surface area contributed by atoms with E-state index in [0.717, 1.165) is 55.7 Å². The fourth-order valence-electron chi connectivity index (χ4n) is 3.18. The van der Waals surface area contributed by atoms with Gasteiger partial charge in [-0.1, -0.05) is 19.9 Å². The molecule has 152 valence electrons. The number of alkyl halides is 3. The Balaban J connectivity index is 1.89. The van der Waals surface area contributed by atoms with Gasteiger partial charge in [0, 0.05) is 31.7 Å². The first-order valence-corrected chi connectivity index (χ1v) is 9.56. The number of aromatic nitrogens is 1. The molecule has 1 fully saturated rings. The van der Waals surface area contributed by atoms with Crippen LogP contribution in [0.2, 0.25) is 0 Å². The topological polar surface area (TPSA) is 37.4 Å². The Morgan fingerprint density at radius 2 is 1.79 bits per heavy atom. The SMILES string of the molecule is CC(C)c1cc(-c2cccc(N3CCNCC3)n2)ccc1OC(C)C(F)(F)F. The van der Waals surface area contributed by atoms with Crippen molar-refractivity contribution in [1.29, 1.82) is 0 Å². The van der Waals surface area contributed by atoms with Gasteiger partial charge in [-0.15, -0.1) is 0 Å². The summed E-state index contributed by atoms with van der Waals surface area (Å²) in [6.45, 7) is 8.55. The Bertz CT molecular complexity index is 802. The Kier molecular flexibility index (Phi) is 6.13. The number of nitrogens with one attached hydrogen (secondary N) is 1. The fraction of sp³-hybridized carbons (Fsp3) is 0.476. The van der Waals surface area contributed by atoms with Crippen molar-refractivity contribution in [3.8, 4) is 17.0 Å². The van der Waals surface area contributed by atoms with Crippen LogP contribution in [0.5, 0.6) is 5.75 Å². The lowest BCUT2D eigenvalue weighted by atomic mass is 9.98. The van der Waals surface area contributed by atoms with E-state index in [4.69, 9.17) is 9.72 Å². The Morgan fingerprint density at radius 3 is 2.43 bits per heavy atom. The molecule has 0 aliphatic carbocycles. The Hall–Kier alpha value is -2.28. The van der Waals surface area contributed by atoms with Crippen LogP contribution in [0.25, 0.3) is 11.3 Å². The lowest BCUT2D eigenvalue weighted by Gasteiger charge is -2.28. The first kappa shape index (κ1) is 20.5. The third-order valence-electron chi connectivity index (χ3n) is 4.87. The van der Waals surface area contributed by atoms with Crippen molar-refractivity contribution < 1.29 is 17.9 Å². The number of nitrogens with zero attached hydrogens (tertiary/aromatic N) is 2. The van der Waals surface area contributed by atoms with Gasteiger partial charge in [0.25, 0.3) is 0 Å². The second-order valence-electron chi connectivity index (χ2n) is 7.33. The van der Waals surface area contributed by atoms with Crippen LogP contribution in [-0.4, -0.2) is 43.4 Å². The predicted octanol–water partition coefficient (Wildman–Crippen LogP) is 4.61. The van der Waals surface area contributed by atoms with E-state index >= 15 is 0 Å². The molecule has 1 aromatic carbocycles. The average Bonchev–Trinajstić information content (AvgIpc) is 2.68. The van der Waals surface area contributed by atoms with Crippen LogP contribution in [-0.2, 0) is 0 Å². The smallest absolute Gasteiger partial charge is 0.425 e. The van der Waals surface area contributed by atoms with Crippen molar-refractivity contribution in [2.45, 2.75) is 39.0 Å². The molecule has 1 atom stereocenters. The summed E-state index contributed by atoms with van der Waals surface area (Å²) in [6, 6.07) is 11.1. The summed E-state index contributed by atoms with van der Waals surface area (Å²) in [5.41, 5.74) is 2.41. The summed E-state index contributed by atoms with van der Waals surface area (Å²) >= 11 is 0. The first-order chi connectivity index (χ1) is 13.3. The molecule has 1 aliphatic heterocycles. The van der Waals surface area contributed by atoms with Crippen LogP contribution in [0.3, 0.4) is 0 Å². The molecule has 7 heteroatoms. The predicted molar refractivity (Wildman–Crippen MR) is 105 cm³/mol. The van der Waals surface area contributed by atoms with Gasteiger partial charge in [-0.05, 0) is 48.7 Å². The molecule has 28 heavy (non-hydrogen) atoms. The highest BCUT2D eigenvalue weighted by atomic mass is 19.4. The number of rotatable bonds is 5. The zero-order valence-corrected chi connectivity index (χ0v) is 16.4. The molecule has 1 aliphatic rings. The molecule has 4 nitrogen and oxygen atoms in total. The molecule has 1 saturated heterocycles. The minimum Gasteiger partial charge on any atom is -0.481 e. The highest BCUT2D eigenvalue weighted by Gasteiger charge is 2.38. The molecule has 2 heterocycles. The summed E-state index contributed by atoms with van der Waals surface area (Å²) < 4.78 is 43.9. The molecule has 1 N–H and O–H groups in total. The van der Waals surface area contributed by atoms with Gasteiger partial charge in [0.1, 0.15) is 11.6 Å². The normalized spacial score (nSPS) is 16.3. The van der Waals surface area contributed by atoms with Crippen LogP contribution < -0.4 is 15.0 Å². The molecule has 0 bridgehead atoms.